The first-order chi connectivity index (χ1) is 15.0. The first kappa shape index (κ1) is 23.9. The molecule has 2 N–H and O–H groups in total. The molecule has 2 aromatic rings. The summed E-state index contributed by atoms with van der Waals surface area (Å²) in [5.74, 6) is -1.92. The third-order valence-electron chi connectivity index (χ3n) is 5.52. The van der Waals surface area contributed by atoms with Crippen molar-refractivity contribution in [2.75, 3.05) is 25.0 Å². The number of hydrogen-bond acceptors (Lipinski definition) is 7. The summed E-state index contributed by atoms with van der Waals surface area (Å²) in [7, 11) is 1.96. The minimum atomic E-state index is -5.08. The number of carboxylic acids is 1. The molecule has 12 heteroatoms. The van der Waals surface area contributed by atoms with Crippen LogP contribution in [0.25, 0.3) is 0 Å². The van der Waals surface area contributed by atoms with Gasteiger partial charge < -0.3 is 15.2 Å². The molecule has 2 aliphatic rings. The summed E-state index contributed by atoms with van der Waals surface area (Å²) in [5.41, 5.74) is 2.10. The Bertz CT molecular complexity index is 895. The summed E-state index contributed by atoms with van der Waals surface area (Å²) in [6.07, 6.45) is 0.125. The summed E-state index contributed by atoms with van der Waals surface area (Å²) in [6, 6.07) is 6.39. The van der Waals surface area contributed by atoms with Crippen molar-refractivity contribution in [3.8, 4) is 0 Å². The summed E-state index contributed by atoms with van der Waals surface area (Å²) in [5, 5.41) is 23.4. The molecular formula is C20H27F3N6O3. The number of aliphatic carboxylic acids is 1. The van der Waals surface area contributed by atoms with Crippen LogP contribution in [-0.2, 0) is 23.1 Å². The average molecular weight is 456 g/mol. The zero-order valence-electron chi connectivity index (χ0n) is 18.0. The van der Waals surface area contributed by atoms with Crippen LogP contribution in [0.15, 0.2) is 24.4 Å². The minimum Gasteiger partial charge on any atom is -0.475 e. The van der Waals surface area contributed by atoms with Crippen molar-refractivity contribution in [1.82, 2.24) is 24.9 Å². The molecule has 0 aliphatic carbocycles. The third-order valence-corrected chi connectivity index (χ3v) is 5.52. The van der Waals surface area contributed by atoms with Gasteiger partial charge in [-0.3, -0.25) is 9.58 Å². The van der Waals surface area contributed by atoms with Gasteiger partial charge in [0.2, 0.25) is 0 Å². The number of ether oxygens (including phenoxy) is 1. The first-order valence-corrected chi connectivity index (χ1v) is 10.3. The monoisotopic (exact) mass is 456 g/mol. The fourth-order valence-corrected chi connectivity index (χ4v) is 3.87. The molecule has 0 amide bonds. The standard InChI is InChI=1S/C18H26N6O.C2HF3O2/c1-14-3-4-17(21-20-14)19-16-11-18(25-13-16)6-9-24(10-7-18)12-15-5-8-23(2)22-15;3-2(4,5)1(6)7/h3-5,8,16H,6-7,9-13H2,1-2H3,(H,19,21);(H,6,7). The molecule has 1 spiro atoms. The highest BCUT2D eigenvalue weighted by atomic mass is 19.4. The van der Waals surface area contributed by atoms with Crippen molar-refractivity contribution in [2.24, 2.45) is 7.05 Å². The third kappa shape index (κ3) is 6.63. The number of hydrogen-bond donors (Lipinski definition) is 2. The second-order valence-electron chi connectivity index (χ2n) is 8.16. The van der Waals surface area contributed by atoms with Crippen LogP contribution < -0.4 is 5.32 Å². The number of likely N-dealkylation sites (tertiary alicyclic amines) is 1. The molecule has 32 heavy (non-hydrogen) atoms. The van der Waals surface area contributed by atoms with E-state index in [1.807, 2.05) is 37.0 Å². The molecule has 2 aromatic heterocycles. The van der Waals surface area contributed by atoms with E-state index in [4.69, 9.17) is 14.6 Å². The van der Waals surface area contributed by atoms with Crippen LogP contribution >= 0.6 is 0 Å². The van der Waals surface area contributed by atoms with Gasteiger partial charge in [0, 0.05) is 32.9 Å². The Hall–Kier alpha value is -2.73. The molecule has 1 atom stereocenters. The summed E-state index contributed by atoms with van der Waals surface area (Å²) in [6.45, 7) is 5.75. The Morgan fingerprint density at radius 2 is 1.97 bits per heavy atom. The van der Waals surface area contributed by atoms with E-state index in [2.05, 4.69) is 31.6 Å². The number of carboxylic acid groups (broad SMARTS) is 1. The summed E-state index contributed by atoms with van der Waals surface area (Å²) in [4.78, 5) is 11.4. The molecule has 0 radical (unpaired) electrons. The molecule has 0 saturated carbocycles. The van der Waals surface area contributed by atoms with Gasteiger partial charge in [0.05, 0.1) is 29.6 Å². The molecule has 4 rings (SSSR count). The number of aromatic nitrogens is 4. The SMILES string of the molecule is Cc1ccc(NC2COC3(CCN(Cc4ccn(C)n4)CC3)C2)nn1.O=C(O)C(F)(F)F. The zero-order valence-corrected chi connectivity index (χ0v) is 18.0. The van der Waals surface area contributed by atoms with Crippen molar-refractivity contribution in [1.29, 1.82) is 0 Å². The molecule has 0 bridgehead atoms. The minimum absolute atomic E-state index is 0.0242. The van der Waals surface area contributed by atoms with Gasteiger partial charge >= 0.3 is 12.1 Å². The number of halogens is 3. The Labute approximate surface area is 183 Å². The largest absolute Gasteiger partial charge is 0.490 e. The van der Waals surface area contributed by atoms with Crippen molar-refractivity contribution >= 4 is 11.8 Å². The van der Waals surface area contributed by atoms with Gasteiger partial charge in [0.1, 0.15) is 5.82 Å². The van der Waals surface area contributed by atoms with Gasteiger partial charge in [0.25, 0.3) is 0 Å². The zero-order chi connectivity index (χ0) is 23.4. The number of carbonyl (C=O) groups is 1. The second kappa shape index (κ2) is 9.82. The van der Waals surface area contributed by atoms with E-state index in [1.165, 1.54) is 0 Å². The molecular weight excluding hydrogens is 429 g/mol. The van der Waals surface area contributed by atoms with Crippen LogP contribution in [0.5, 0.6) is 0 Å². The highest BCUT2D eigenvalue weighted by Gasteiger charge is 2.42. The van der Waals surface area contributed by atoms with Crippen LogP contribution in [0.4, 0.5) is 19.0 Å². The number of rotatable bonds is 4. The number of alkyl halides is 3. The van der Waals surface area contributed by atoms with E-state index in [9.17, 15) is 13.2 Å². The fourth-order valence-electron chi connectivity index (χ4n) is 3.87. The molecule has 176 valence electrons. The number of piperidine rings is 1. The van der Waals surface area contributed by atoms with Crippen LogP contribution in [-0.4, -0.2) is 73.5 Å². The molecule has 2 aliphatic heterocycles. The van der Waals surface area contributed by atoms with Gasteiger partial charge in [-0.05, 0) is 44.4 Å². The van der Waals surface area contributed by atoms with E-state index >= 15 is 0 Å². The van der Waals surface area contributed by atoms with E-state index in [0.717, 1.165) is 62.7 Å². The van der Waals surface area contributed by atoms with Gasteiger partial charge in [0.15, 0.2) is 0 Å². The first-order valence-electron chi connectivity index (χ1n) is 10.3. The van der Waals surface area contributed by atoms with Crippen LogP contribution in [0, 0.1) is 6.92 Å². The highest BCUT2D eigenvalue weighted by molar-refractivity contribution is 5.73. The van der Waals surface area contributed by atoms with Gasteiger partial charge in [-0.25, -0.2) is 4.79 Å². The molecule has 4 heterocycles. The van der Waals surface area contributed by atoms with Gasteiger partial charge in [-0.2, -0.15) is 23.4 Å². The van der Waals surface area contributed by atoms with Crippen molar-refractivity contribution < 1.29 is 27.8 Å². The number of anilines is 1. The molecule has 2 saturated heterocycles. The van der Waals surface area contributed by atoms with E-state index in [0.29, 0.717) is 6.04 Å². The second-order valence-corrected chi connectivity index (χ2v) is 8.16. The molecule has 9 nitrogen and oxygen atoms in total. The molecule has 2 fully saturated rings. The van der Waals surface area contributed by atoms with E-state index < -0.39 is 12.1 Å². The lowest BCUT2D eigenvalue weighted by atomic mass is 9.87. The topological polar surface area (TPSA) is 105 Å². The Kier molecular flexibility index (Phi) is 7.34. The lowest BCUT2D eigenvalue weighted by molar-refractivity contribution is -0.192. The maximum Gasteiger partial charge on any atom is 0.490 e. The predicted octanol–water partition coefficient (Wildman–Crippen LogP) is 2.39. The average Bonchev–Trinajstić information content (AvgIpc) is 3.31. The predicted molar refractivity (Wildman–Crippen MR) is 109 cm³/mol. The van der Waals surface area contributed by atoms with Crippen LogP contribution in [0.3, 0.4) is 0 Å². The van der Waals surface area contributed by atoms with Crippen LogP contribution in [0.2, 0.25) is 0 Å². The summed E-state index contributed by atoms with van der Waals surface area (Å²) < 4.78 is 39.8. The fraction of sp³-hybridized carbons (Fsp3) is 0.600. The molecule has 1 unspecified atom stereocenters. The number of aryl methyl sites for hydroxylation is 2. The smallest absolute Gasteiger partial charge is 0.475 e. The van der Waals surface area contributed by atoms with Gasteiger partial charge in [-0.15, -0.1) is 5.10 Å². The lowest BCUT2D eigenvalue weighted by Crippen LogP contribution is -2.44. The maximum atomic E-state index is 10.6. The normalized spacial score (nSPS) is 20.6. The number of nitrogens with one attached hydrogen (secondary N) is 1. The van der Waals surface area contributed by atoms with Crippen molar-refractivity contribution in [2.45, 2.75) is 50.6 Å². The van der Waals surface area contributed by atoms with Crippen molar-refractivity contribution in [3.63, 3.8) is 0 Å². The Morgan fingerprint density at radius 3 is 2.50 bits per heavy atom. The van der Waals surface area contributed by atoms with E-state index in [1.54, 1.807) is 0 Å². The van der Waals surface area contributed by atoms with Gasteiger partial charge in [-0.1, -0.05) is 0 Å². The lowest BCUT2D eigenvalue weighted by Gasteiger charge is -2.38. The van der Waals surface area contributed by atoms with Crippen LogP contribution in [0.1, 0.15) is 30.7 Å². The van der Waals surface area contributed by atoms with Crippen molar-refractivity contribution in [3.05, 3.63) is 35.8 Å². The quantitative estimate of drug-likeness (QED) is 0.723. The Morgan fingerprint density at radius 1 is 1.28 bits per heavy atom. The Balaban J connectivity index is 0.000000360. The number of nitrogens with zero attached hydrogens (tertiary/aromatic N) is 5. The summed E-state index contributed by atoms with van der Waals surface area (Å²) >= 11 is 0. The highest BCUT2D eigenvalue weighted by Crippen LogP contribution is 2.37. The maximum absolute atomic E-state index is 10.6. The van der Waals surface area contributed by atoms with E-state index in [-0.39, 0.29) is 5.60 Å². The molecule has 0 aromatic carbocycles.